The van der Waals surface area contributed by atoms with Gasteiger partial charge in [0.1, 0.15) is 0 Å². The van der Waals surface area contributed by atoms with Gasteiger partial charge in [0.05, 0.1) is 31.2 Å². The van der Waals surface area contributed by atoms with Crippen LogP contribution < -0.4 is 0 Å². The van der Waals surface area contributed by atoms with Gasteiger partial charge in [-0.05, 0) is 57.8 Å². The molecule has 2 rings (SSSR count). The van der Waals surface area contributed by atoms with Crippen LogP contribution in [0.5, 0.6) is 0 Å². The van der Waals surface area contributed by atoms with E-state index in [0.717, 1.165) is 31.1 Å². The monoisotopic (exact) mass is 360 g/mol. The average molecular weight is 361 g/mol. The molecule has 0 aromatic rings. The smallest absolute Gasteiger partial charge is 0.264 e. The van der Waals surface area contributed by atoms with Crippen LogP contribution in [-0.2, 0) is 23.8 Å². The molecule has 1 saturated carbocycles. The van der Waals surface area contributed by atoms with Gasteiger partial charge in [-0.1, -0.05) is 12.2 Å². The van der Waals surface area contributed by atoms with E-state index in [4.69, 9.17) is 13.7 Å². The lowest BCUT2D eigenvalue weighted by Crippen LogP contribution is -2.29. The van der Waals surface area contributed by atoms with E-state index in [-0.39, 0.29) is 12.7 Å². The first-order valence-corrected chi connectivity index (χ1v) is 10.7. The van der Waals surface area contributed by atoms with Crippen molar-refractivity contribution < 1.29 is 22.1 Å². The van der Waals surface area contributed by atoms with Gasteiger partial charge in [0.25, 0.3) is 10.1 Å². The zero-order valence-corrected chi connectivity index (χ0v) is 16.2. The summed E-state index contributed by atoms with van der Waals surface area (Å²) in [6.45, 7) is 7.58. The zero-order valence-electron chi connectivity index (χ0n) is 15.4. The molecule has 0 amide bonds. The van der Waals surface area contributed by atoms with Gasteiger partial charge in [-0.3, -0.25) is 4.18 Å². The summed E-state index contributed by atoms with van der Waals surface area (Å²) >= 11 is 0. The molecule has 1 fully saturated rings. The Balaban J connectivity index is 1.56. The molecule has 140 valence electrons. The lowest BCUT2D eigenvalue weighted by molar-refractivity contribution is -0.0521. The molecule has 0 radical (unpaired) electrons. The van der Waals surface area contributed by atoms with Crippen LogP contribution in [0.15, 0.2) is 12.2 Å². The van der Waals surface area contributed by atoms with Crippen LogP contribution in [0.25, 0.3) is 0 Å². The third-order valence-electron chi connectivity index (χ3n) is 5.03. The fourth-order valence-electron chi connectivity index (χ4n) is 3.47. The molecule has 0 aliphatic heterocycles. The molecule has 0 N–H and O–H groups in total. The highest BCUT2D eigenvalue weighted by molar-refractivity contribution is 7.85. The van der Waals surface area contributed by atoms with Crippen molar-refractivity contribution in [3.05, 3.63) is 12.2 Å². The normalized spacial score (nSPS) is 27.8. The second-order valence-electron chi connectivity index (χ2n) is 7.86. The van der Waals surface area contributed by atoms with Gasteiger partial charge in [0.15, 0.2) is 0 Å². The average Bonchev–Trinajstić information content (AvgIpc) is 3.05. The number of allylic oxidation sites excluding steroid dienone is 2. The molecular weight excluding hydrogens is 328 g/mol. The van der Waals surface area contributed by atoms with E-state index in [1.165, 1.54) is 12.8 Å². The van der Waals surface area contributed by atoms with E-state index in [9.17, 15) is 8.42 Å². The molecule has 5 nitrogen and oxygen atoms in total. The maximum atomic E-state index is 11.0. The Morgan fingerprint density at radius 1 is 1.21 bits per heavy atom. The van der Waals surface area contributed by atoms with E-state index in [0.29, 0.717) is 18.9 Å². The Kier molecular flexibility index (Phi) is 6.88. The standard InChI is InChI=1S/C18H32O5S/c1-14(21-13-17-12-15-5-6-16(17)11-15)7-9-22-18(2,3)8-10-23-24(4,19)20/h5-6,14-17H,7-13H2,1-4H3. The first-order chi connectivity index (χ1) is 11.1. The first kappa shape index (κ1) is 19.9. The van der Waals surface area contributed by atoms with Crippen molar-refractivity contribution in [1.29, 1.82) is 0 Å². The molecule has 4 unspecified atom stereocenters. The van der Waals surface area contributed by atoms with E-state index in [2.05, 4.69) is 19.1 Å². The number of hydrogen-bond acceptors (Lipinski definition) is 5. The van der Waals surface area contributed by atoms with Crippen LogP contribution in [0.4, 0.5) is 0 Å². The predicted octanol–water partition coefficient (Wildman–Crippen LogP) is 3.16. The second kappa shape index (κ2) is 8.30. The van der Waals surface area contributed by atoms with E-state index in [1.54, 1.807) is 0 Å². The topological polar surface area (TPSA) is 61.8 Å². The van der Waals surface area contributed by atoms with Crippen LogP contribution >= 0.6 is 0 Å². The van der Waals surface area contributed by atoms with Gasteiger partial charge in [-0.2, -0.15) is 8.42 Å². The minimum atomic E-state index is -3.38. The fraction of sp³-hybridized carbons (Fsp3) is 0.889. The van der Waals surface area contributed by atoms with Crippen molar-refractivity contribution in [3.63, 3.8) is 0 Å². The molecule has 24 heavy (non-hydrogen) atoms. The molecule has 2 aliphatic carbocycles. The highest BCUT2D eigenvalue weighted by Crippen LogP contribution is 2.43. The number of ether oxygens (including phenoxy) is 2. The van der Waals surface area contributed by atoms with Crippen molar-refractivity contribution in [2.24, 2.45) is 17.8 Å². The summed E-state index contributed by atoms with van der Waals surface area (Å²) in [5, 5.41) is 0. The highest BCUT2D eigenvalue weighted by Gasteiger charge is 2.35. The SMILES string of the molecule is CC(CCOC(C)(C)CCOS(C)(=O)=O)OCC1CC2C=CC1C2. The van der Waals surface area contributed by atoms with Crippen LogP contribution in [0.3, 0.4) is 0 Å². The molecule has 2 bridgehead atoms. The first-order valence-electron chi connectivity index (χ1n) is 8.93. The minimum Gasteiger partial charge on any atom is -0.378 e. The maximum absolute atomic E-state index is 11.0. The lowest BCUT2D eigenvalue weighted by atomic mass is 9.94. The molecule has 0 spiro atoms. The molecule has 0 heterocycles. The summed E-state index contributed by atoms with van der Waals surface area (Å²) in [4.78, 5) is 0. The fourth-order valence-corrected chi connectivity index (χ4v) is 3.86. The van der Waals surface area contributed by atoms with Crippen molar-refractivity contribution in [1.82, 2.24) is 0 Å². The Hall–Kier alpha value is -0.430. The number of fused-ring (bicyclic) bond motifs is 2. The van der Waals surface area contributed by atoms with Gasteiger partial charge in [0, 0.05) is 13.0 Å². The van der Waals surface area contributed by atoms with Crippen LogP contribution in [-0.4, -0.2) is 46.2 Å². The van der Waals surface area contributed by atoms with E-state index >= 15 is 0 Å². The molecule has 6 heteroatoms. The van der Waals surface area contributed by atoms with E-state index < -0.39 is 15.7 Å². The maximum Gasteiger partial charge on any atom is 0.264 e. The van der Waals surface area contributed by atoms with Gasteiger partial charge in [-0.15, -0.1) is 0 Å². The molecular formula is C18H32O5S. The largest absolute Gasteiger partial charge is 0.378 e. The summed E-state index contributed by atoms with van der Waals surface area (Å²) in [5.74, 6) is 2.21. The summed E-state index contributed by atoms with van der Waals surface area (Å²) in [6, 6.07) is 0. The zero-order chi connectivity index (χ0) is 17.8. The van der Waals surface area contributed by atoms with Crippen LogP contribution in [0, 0.1) is 17.8 Å². The van der Waals surface area contributed by atoms with Crippen molar-refractivity contribution in [2.75, 3.05) is 26.1 Å². The number of rotatable bonds is 11. The Labute approximate surface area is 146 Å². The minimum absolute atomic E-state index is 0.148. The summed E-state index contributed by atoms with van der Waals surface area (Å²) in [5.41, 5.74) is -0.403. The van der Waals surface area contributed by atoms with Gasteiger partial charge >= 0.3 is 0 Å². The third-order valence-corrected chi connectivity index (χ3v) is 5.62. The summed E-state index contributed by atoms with van der Waals surface area (Å²) in [6.07, 6.45) is 9.92. The molecule has 0 aromatic carbocycles. The van der Waals surface area contributed by atoms with Crippen molar-refractivity contribution in [3.8, 4) is 0 Å². The van der Waals surface area contributed by atoms with Gasteiger partial charge in [-0.25, -0.2) is 0 Å². The number of hydrogen-bond donors (Lipinski definition) is 0. The molecule has 0 saturated heterocycles. The molecule has 4 atom stereocenters. The quantitative estimate of drug-likeness (QED) is 0.418. The third kappa shape index (κ3) is 6.82. The van der Waals surface area contributed by atoms with Gasteiger partial charge < -0.3 is 9.47 Å². The van der Waals surface area contributed by atoms with Crippen LogP contribution in [0.2, 0.25) is 0 Å². The van der Waals surface area contributed by atoms with Crippen molar-refractivity contribution in [2.45, 2.75) is 58.2 Å². The van der Waals surface area contributed by atoms with E-state index in [1.807, 2.05) is 13.8 Å². The summed E-state index contributed by atoms with van der Waals surface area (Å²) < 4.78 is 38.6. The Morgan fingerprint density at radius 2 is 1.96 bits per heavy atom. The van der Waals surface area contributed by atoms with Crippen molar-refractivity contribution >= 4 is 10.1 Å². The second-order valence-corrected chi connectivity index (χ2v) is 9.50. The predicted molar refractivity (Wildman–Crippen MR) is 94.3 cm³/mol. The van der Waals surface area contributed by atoms with Crippen LogP contribution in [0.1, 0.15) is 46.5 Å². The molecule has 2 aliphatic rings. The lowest BCUT2D eigenvalue weighted by Gasteiger charge is -2.26. The Morgan fingerprint density at radius 3 is 2.54 bits per heavy atom. The van der Waals surface area contributed by atoms with Gasteiger partial charge in [0.2, 0.25) is 0 Å². The highest BCUT2D eigenvalue weighted by atomic mass is 32.2. The Bertz CT molecular complexity index is 526. The molecule has 0 aromatic heterocycles. The summed E-state index contributed by atoms with van der Waals surface area (Å²) in [7, 11) is -3.38.